The van der Waals surface area contributed by atoms with Gasteiger partial charge in [-0.2, -0.15) is 0 Å². The van der Waals surface area contributed by atoms with Gasteiger partial charge in [0.15, 0.2) is 0 Å². The van der Waals surface area contributed by atoms with E-state index in [1.165, 1.54) is 4.88 Å². The minimum absolute atomic E-state index is 0.736. The summed E-state index contributed by atoms with van der Waals surface area (Å²) in [7, 11) is 0. The van der Waals surface area contributed by atoms with E-state index in [4.69, 9.17) is 11.6 Å². The van der Waals surface area contributed by atoms with E-state index in [9.17, 15) is 0 Å². The molecule has 1 nitrogen and oxygen atoms in total. The van der Waals surface area contributed by atoms with Crippen molar-refractivity contribution in [2.24, 2.45) is 17.8 Å². The van der Waals surface area contributed by atoms with Gasteiger partial charge in [-0.1, -0.05) is 39.3 Å². The van der Waals surface area contributed by atoms with Crippen molar-refractivity contribution >= 4 is 22.9 Å². The molecule has 0 aliphatic heterocycles. The van der Waals surface area contributed by atoms with Gasteiger partial charge in [-0.15, -0.1) is 11.3 Å². The van der Waals surface area contributed by atoms with Crippen molar-refractivity contribution in [2.75, 3.05) is 6.54 Å². The fourth-order valence-electron chi connectivity index (χ4n) is 2.05. The lowest BCUT2D eigenvalue weighted by Crippen LogP contribution is -2.29. The number of halogens is 1. The molecule has 0 radical (unpaired) electrons. The van der Waals surface area contributed by atoms with Crippen LogP contribution in [0.1, 0.15) is 32.6 Å². The van der Waals surface area contributed by atoms with Gasteiger partial charge in [0.25, 0.3) is 0 Å². The summed E-state index contributed by atoms with van der Waals surface area (Å²) in [6.45, 7) is 11.2. The number of thiophene rings is 1. The number of hydrogen-bond donors (Lipinski definition) is 1. The molecule has 1 heterocycles. The summed E-state index contributed by atoms with van der Waals surface area (Å²) < 4.78 is 0.876. The zero-order chi connectivity index (χ0) is 12.1. The molecule has 0 atom stereocenters. The van der Waals surface area contributed by atoms with Crippen LogP contribution in [-0.2, 0) is 6.54 Å². The second-order valence-electron chi connectivity index (χ2n) is 4.99. The standard InChI is InChI=1S/C13H22ClNS/c1-9(2)12(10(3)4)8-15-7-11-5-6-13(14)16-11/h5-6,9-10,12,15H,7-8H2,1-4H3. The van der Waals surface area contributed by atoms with Crippen LogP contribution in [0.5, 0.6) is 0 Å². The van der Waals surface area contributed by atoms with E-state index in [-0.39, 0.29) is 0 Å². The number of rotatable bonds is 6. The molecule has 1 N–H and O–H groups in total. The van der Waals surface area contributed by atoms with Crippen LogP contribution in [0.3, 0.4) is 0 Å². The molecule has 0 saturated heterocycles. The van der Waals surface area contributed by atoms with Crippen molar-refractivity contribution in [3.8, 4) is 0 Å². The summed E-state index contributed by atoms with van der Waals surface area (Å²) in [6, 6.07) is 4.06. The molecular formula is C13H22ClNS. The van der Waals surface area contributed by atoms with Gasteiger partial charge in [0, 0.05) is 11.4 Å². The Morgan fingerprint density at radius 3 is 2.25 bits per heavy atom. The summed E-state index contributed by atoms with van der Waals surface area (Å²) in [5, 5.41) is 3.53. The van der Waals surface area contributed by atoms with E-state index < -0.39 is 0 Å². The summed E-state index contributed by atoms with van der Waals surface area (Å²) in [4.78, 5) is 1.32. The van der Waals surface area contributed by atoms with Gasteiger partial charge < -0.3 is 5.32 Å². The van der Waals surface area contributed by atoms with Gasteiger partial charge >= 0.3 is 0 Å². The average molecular weight is 260 g/mol. The molecule has 0 amide bonds. The second-order valence-corrected chi connectivity index (χ2v) is 6.79. The smallest absolute Gasteiger partial charge is 0.0931 e. The lowest BCUT2D eigenvalue weighted by Gasteiger charge is -2.25. The highest BCUT2D eigenvalue weighted by Crippen LogP contribution is 2.22. The monoisotopic (exact) mass is 259 g/mol. The van der Waals surface area contributed by atoms with Gasteiger partial charge in [0.2, 0.25) is 0 Å². The van der Waals surface area contributed by atoms with Crippen LogP contribution in [0.15, 0.2) is 12.1 Å². The normalized spacial score (nSPS) is 12.0. The van der Waals surface area contributed by atoms with Crippen molar-refractivity contribution in [3.63, 3.8) is 0 Å². The first-order valence-corrected chi connectivity index (χ1v) is 7.15. The predicted octanol–water partition coefficient (Wildman–Crippen LogP) is 4.42. The van der Waals surface area contributed by atoms with E-state index in [0.29, 0.717) is 0 Å². The lowest BCUT2D eigenvalue weighted by molar-refractivity contribution is 0.276. The molecule has 0 bridgehead atoms. The largest absolute Gasteiger partial charge is 0.312 e. The molecule has 92 valence electrons. The summed E-state index contributed by atoms with van der Waals surface area (Å²) in [5.41, 5.74) is 0. The predicted molar refractivity (Wildman–Crippen MR) is 74.2 cm³/mol. The summed E-state index contributed by atoms with van der Waals surface area (Å²) in [5.74, 6) is 2.22. The fourth-order valence-corrected chi connectivity index (χ4v) is 3.11. The summed E-state index contributed by atoms with van der Waals surface area (Å²) in [6.07, 6.45) is 0. The highest BCUT2D eigenvalue weighted by molar-refractivity contribution is 7.16. The first-order chi connectivity index (χ1) is 7.50. The van der Waals surface area contributed by atoms with Crippen molar-refractivity contribution in [2.45, 2.75) is 34.2 Å². The quantitative estimate of drug-likeness (QED) is 0.798. The molecule has 3 heteroatoms. The SMILES string of the molecule is CC(C)C(CNCc1ccc(Cl)s1)C(C)C. The van der Waals surface area contributed by atoms with Gasteiger partial charge in [-0.25, -0.2) is 0 Å². The molecule has 16 heavy (non-hydrogen) atoms. The van der Waals surface area contributed by atoms with Crippen LogP contribution in [0.4, 0.5) is 0 Å². The molecular weight excluding hydrogens is 238 g/mol. The Bertz CT molecular complexity index is 299. The van der Waals surface area contributed by atoms with Gasteiger partial charge in [-0.3, -0.25) is 0 Å². The van der Waals surface area contributed by atoms with Gasteiger partial charge in [0.1, 0.15) is 0 Å². The molecule has 0 saturated carbocycles. The lowest BCUT2D eigenvalue weighted by atomic mass is 9.85. The maximum Gasteiger partial charge on any atom is 0.0931 e. The maximum absolute atomic E-state index is 5.89. The Morgan fingerprint density at radius 1 is 1.19 bits per heavy atom. The third kappa shape index (κ3) is 4.44. The van der Waals surface area contributed by atoms with E-state index >= 15 is 0 Å². The highest BCUT2D eigenvalue weighted by Gasteiger charge is 2.16. The fraction of sp³-hybridized carbons (Fsp3) is 0.692. The minimum atomic E-state index is 0.736. The number of hydrogen-bond acceptors (Lipinski definition) is 2. The zero-order valence-electron chi connectivity index (χ0n) is 10.6. The van der Waals surface area contributed by atoms with Crippen molar-refractivity contribution in [1.82, 2.24) is 5.32 Å². The first kappa shape index (κ1) is 14.0. The molecule has 0 aliphatic carbocycles. The summed E-state index contributed by atoms with van der Waals surface area (Å²) >= 11 is 7.55. The molecule has 0 aromatic carbocycles. The van der Waals surface area contributed by atoms with E-state index in [0.717, 1.165) is 35.2 Å². The van der Waals surface area contributed by atoms with Crippen LogP contribution < -0.4 is 5.32 Å². The van der Waals surface area contributed by atoms with Crippen LogP contribution in [0, 0.1) is 17.8 Å². The topological polar surface area (TPSA) is 12.0 Å². The molecule has 1 rings (SSSR count). The molecule has 0 fully saturated rings. The highest BCUT2D eigenvalue weighted by atomic mass is 35.5. The Morgan fingerprint density at radius 2 is 1.81 bits per heavy atom. The van der Waals surface area contributed by atoms with Crippen LogP contribution in [0.2, 0.25) is 4.34 Å². The first-order valence-electron chi connectivity index (χ1n) is 5.95. The Balaban J connectivity index is 2.33. The van der Waals surface area contributed by atoms with E-state index in [1.54, 1.807) is 11.3 Å². The Labute approximate surface area is 108 Å². The Kier molecular flexibility index (Phi) is 5.81. The number of nitrogens with one attached hydrogen (secondary N) is 1. The maximum atomic E-state index is 5.89. The van der Waals surface area contributed by atoms with Crippen molar-refractivity contribution < 1.29 is 0 Å². The van der Waals surface area contributed by atoms with Crippen LogP contribution in [-0.4, -0.2) is 6.54 Å². The molecule has 0 aliphatic rings. The molecule has 1 aromatic heterocycles. The Hall–Kier alpha value is -0.0500. The third-order valence-corrected chi connectivity index (χ3v) is 4.25. The van der Waals surface area contributed by atoms with Crippen molar-refractivity contribution in [1.29, 1.82) is 0 Å². The van der Waals surface area contributed by atoms with Crippen LogP contribution >= 0.6 is 22.9 Å². The third-order valence-electron chi connectivity index (χ3n) is 3.02. The molecule has 0 unspecified atom stereocenters. The average Bonchev–Trinajstić information content (AvgIpc) is 2.57. The minimum Gasteiger partial charge on any atom is -0.312 e. The van der Waals surface area contributed by atoms with Gasteiger partial charge in [0.05, 0.1) is 4.34 Å². The second kappa shape index (κ2) is 6.63. The van der Waals surface area contributed by atoms with E-state index in [2.05, 4.69) is 39.1 Å². The van der Waals surface area contributed by atoms with Crippen molar-refractivity contribution in [3.05, 3.63) is 21.3 Å². The molecule has 1 aromatic rings. The van der Waals surface area contributed by atoms with E-state index in [1.807, 2.05) is 6.07 Å². The van der Waals surface area contributed by atoms with Gasteiger partial charge in [-0.05, 0) is 36.4 Å². The molecule has 0 spiro atoms. The zero-order valence-corrected chi connectivity index (χ0v) is 12.2. The van der Waals surface area contributed by atoms with Crippen LogP contribution in [0.25, 0.3) is 0 Å².